The second kappa shape index (κ2) is 6.30. The van der Waals surface area contributed by atoms with Crippen LogP contribution in [0.15, 0.2) is 53.1 Å². The second-order valence-electron chi connectivity index (χ2n) is 5.00. The zero-order valence-electron chi connectivity index (χ0n) is 12.3. The topological polar surface area (TPSA) is 67.2 Å². The number of rotatable bonds is 5. The van der Waals surface area contributed by atoms with Gasteiger partial charge in [0.05, 0.1) is 11.8 Å². The predicted octanol–water partition coefficient (Wildman–Crippen LogP) is 2.98. The lowest BCUT2D eigenvalue weighted by Crippen LogP contribution is -2.29. The zero-order chi connectivity index (χ0) is 15.4. The number of hydrogen-bond donors (Lipinski definition) is 2. The predicted molar refractivity (Wildman–Crippen MR) is 86.0 cm³/mol. The first kappa shape index (κ1) is 14.1. The van der Waals surface area contributed by atoms with Crippen LogP contribution in [0, 0.1) is 6.92 Å². The van der Waals surface area contributed by atoms with Crippen molar-refractivity contribution >= 4 is 22.6 Å². The van der Waals surface area contributed by atoms with Crippen LogP contribution in [0.4, 0.5) is 5.82 Å². The fraction of sp³-hybridized carbons (Fsp3) is 0.176. The monoisotopic (exact) mass is 295 g/mol. The van der Waals surface area contributed by atoms with Crippen molar-refractivity contribution in [2.45, 2.75) is 6.92 Å². The molecule has 2 heterocycles. The molecular formula is C17H17N3O2. The molecule has 0 radical (unpaired) electrons. The largest absolute Gasteiger partial charge is 0.459 e. The number of aromatic nitrogens is 1. The van der Waals surface area contributed by atoms with Gasteiger partial charge in [0.25, 0.3) is 5.91 Å². The van der Waals surface area contributed by atoms with Gasteiger partial charge in [-0.15, -0.1) is 0 Å². The molecule has 3 aromatic rings. The third kappa shape index (κ3) is 3.09. The Kier molecular flexibility index (Phi) is 4.05. The second-order valence-corrected chi connectivity index (χ2v) is 5.00. The normalized spacial score (nSPS) is 10.6. The highest BCUT2D eigenvalue weighted by Crippen LogP contribution is 2.14. The van der Waals surface area contributed by atoms with Crippen molar-refractivity contribution in [3.05, 3.63) is 60.1 Å². The highest BCUT2D eigenvalue weighted by Gasteiger charge is 2.11. The average molecular weight is 295 g/mol. The third-order valence-electron chi connectivity index (χ3n) is 3.38. The quantitative estimate of drug-likeness (QED) is 0.710. The van der Waals surface area contributed by atoms with E-state index in [1.165, 1.54) is 6.26 Å². The molecule has 5 heteroatoms. The van der Waals surface area contributed by atoms with Crippen molar-refractivity contribution < 1.29 is 9.21 Å². The summed E-state index contributed by atoms with van der Waals surface area (Å²) in [6.45, 7) is 2.93. The molecule has 0 aliphatic rings. The van der Waals surface area contributed by atoms with Gasteiger partial charge in [-0.25, -0.2) is 4.98 Å². The van der Waals surface area contributed by atoms with Crippen molar-refractivity contribution in [3.8, 4) is 0 Å². The molecule has 0 bridgehead atoms. The number of pyridine rings is 1. The fourth-order valence-electron chi connectivity index (χ4n) is 2.22. The van der Waals surface area contributed by atoms with Gasteiger partial charge in [0.1, 0.15) is 5.82 Å². The highest BCUT2D eigenvalue weighted by atomic mass is 16.3. The minimum atomic E-state index is -0.198. The average Bonchev–Trinajstić information content (AvgIpc) is 2.97. The van der Waals surface area contributed by atoms with Crippen LogP contribution in [0.5, 0.6) is 0 Å². The van der Waals surface area contributed by atoms with Gasteiger partial charge < -0.3 is 15.1 Å². The number of benzene rings is 1. The first-order valence-corrected chi connectivity index (χ1v) is 7.16. The van der Waals surface area contributed by atoms with Crippen molar-refractivity contribution in [2.24, 2.45) is 0 Å². The van der Waals surface area contributed by atoms with E-state index in [1.54, 1.807) is 6.07 Å². The summed E-state index contributed by atoms with van der Waals surface area (Å²) in [6.07, 6.45) is 1.52. The fourth-order valence-corrected chi connectivity index (χ4v) is 2.22. The van der Waals surface area contributed by atoms with Crippen LogP contribution in [0.3, 0.4) is 0 Å². The third-order valence-corrected chi connectivity index (χ3v) is 3.38. The number of hydrogen-bond acceptors (Lipinski definition) is 4. The molecule has 22 heavy (non-hydrogen) atoms. The molecule has 3 rings (SSSR count). The van der Waals surface area contributed by atoms with Crippen LogP contribution < -0.4 is 10.6 Å². The molecular weight excluding hydrogens is 278 g/mol. The van der Waals surface area contributed by atoms with Gasteiger partial charge in [-0.2, -0.15) is 0 Å². The lowest BCUT2D eigenvalue weighted by molar-refractivity contribution is 0.0926. The van der Waals surface area contributed by atoms with E-state index >= 15 is 0 Å². The first-order chi connectivity index (χ1) is 10.7. The number of carbonyl (C=O) groups is 1. The maximum atomic E-state index is 11.9. The van der Waals surface area contributed by atoms with E-state index in [-0.39, 0.29) is 5.91 Å². The lowest BCUT2D eigenvalue weighted by Gasteiger charge is -2.07. The summed E-state index contributed by atoms with van der Waals surface area (Å²) in [5.41, 5.74) is 1.78. The lowest BCUT2D eigenvalue weighted by atomic mass is 10.2. The number of amides is 1. The van der Waals surface area contributed by atoms with Gasteiger partial charge >= 0.3 is 0 Å². The van der Waals surface area contributed by atoms with E-state index < -0.39 is 0 Å². The summed E-state index contributed by atoms with van der Waals surface area (Å²) < 4.78 is 5.14. The smallest absolute Gasteiger partial charge is 0.287 e. The maximum absolute atomic E-state index is 11.9. The van der Waals surface area contributed by atoms with Gasteiger partial charge in [-0.1, -0.05) is 18.2 Å². The molecule has 0 aliphatic carbocycles. The number of anilines is 1. The number of nitrogens with zero attached hydrogens (tertiary/aromatic N) is 1. The SMILES string of the molecule is Cc1ccoc1C(=O)NCCNc1ccc2ccccc2n1. The van der Waals surface area contributed by atoms with Crippen molar-refractivity contribution in [2.75, 3.05) is 18.4 Å². The van der Waals surface area contributed by atoms with Crippen molar-refractivity contribution in [3.63, 3.8) is 0 Å². The van der Waals surface area contributed by atoms with E-state index in [9.17, 15) is 4.79 Å². The van der Waals surface area contributed by atoms with Gasteiger partial charge in [-0.05, 0) is 31.2 Å². The van der Waals surface area contributed by atoms with Gasteiger partial charge in [-0.3, -0.25) is 4.79 Å². The Bertz CT molecular complexity index is 795. The highest BCUT2D eigenvalue weighted by molar-refractivity contribution is 5.92. The standard InChI is InChI=1S/C17H17N3O2/c1-12-8-11-22-16(12)17(21)19-10-9-18-15-7-6-13-4-2-3-5-14(13)20-15/h2-8,11H,9-10H2,1H3,(H,18,20)(H,19,21). The molecule has 2 aromatic heterocycles. The molecule has 0 atom stereocenters. The Morgan fingerprint density at radius 1 is 1.14 bits per heavy atom. The van der Waals surface area contributed by atoms with Crippen LogP contribution >= 0.6 is 0 Å². The molecule has 0 aliphatic heterocycles. The molecule has 0 spiro atoms. The van der Waals surface area contributed by atoms with Crippen molar-refractivity contribution in [1.29, 1.82) is 0 Å². The molecule has 0 saturated carbocycles. The molecule has 2 N–H and O–H groups in total. The van der Waals surface area contributed by atoms with Gasteiger partial charge in [0, 0.05) is 24.0 Å². The number of nitrogens with one attached hydrogen (secondary N) is 2. The van der Waals surface area contributed by atoms with Gasteiger partial charge in [0.2, 0.25) is 0 Å². The minimum Gasteiger partial charge on any atom is -0.459 e. The van der Waals surface area contributed by atoms with Crippen molar-refractivity contribution in [1.82, 2.24) is 10.3 Å². The molecule has 5 nitrogen and oxygen atoms in total. The van der Waals surface area contributed by atoms with Crippen LogP contribution in [0.1, 0.15) is 16.1 Å². The summed E-state index contributed by atoms with van der Waals surface area (Å²) in [5.74, 6) is 0.960. The van der Waals surface area contributed by atoms with Gasteiger partial charge in [0.15, 0.2) is 5.76 Å². The number of furan rings is 1. The van der Waals surface area contributed by atoms with Crippen LogP contribution in [-0.2, 0) is 0 Å². The minimum absolute atomic E-state index is 0.198. The Labute approximate surface area is 128 Å². The summed E-state index contributed by atoms with van der Waals surface area (Å²) in [6, 6.07) is 13.7. The van der Waals surface area contributed by atoms with E-state index in [1.807, 2.05) is 43.3 Å². The van der Waals surface area contributed by atoms with Crippen LogP contribution in [0.25, 0.3) is 10.9 Å². The Morgan fingerprint density at radius 2 is 2.00 bits per heavy atom. The number of fused-ring (bicyclic) bond motifs is 1. The summed E-state index contributed by atoms with van der Waals surface area (Å²) >= 11 is 0. The number of carbonyl (C=O) groups excluding carboxylic acids is 1. The first-order valence-electron chi connectivity index (χ1n) is 7.16. The molecule has 0 unspecified atom stereocenters. The Morgan fingerprint density at radius 3 is 2.82 bits per heavy atom. The maximum Gasteiger partial charge on any atom is 0.287 e. The summed E-state index contributed by atoms with van der Waals surface area (Å²) in [5, 5.41) is 7.11. The summed E-state index contributed by atoms with van der Waals surface area (Å²) in [4.78, 5) is 16.4. The Balaban J connectivity index is 1.52. The molecule has 1 amide bonds. The molecule has 0 saturated heterocycles. The van der Waals surface area contributed by atoms with E-state index in [0.29, 0.717) is 18.8 Å². The van der Waals surface area contributed by atoms with E-state index in [2.05, 4.69) is 15.6 Å². The van der Waals surface area contributed by atoms with E-state index in [4.69, 9.17) is 4.42 Å². The Hall–Kier alpha value is -2.82. The number of aryl methyl sites for hydroxylation is 1. The van der Waals surface area contributed by atoms with Crippen LogP contribution in [0.2, 0.25) is 0 Å². The van der Waals surface area contributed by atoms with E-state index in [0.717, 1.165) is 22.3 Å². The number of para-hydroxylation sites is 1. The van der Waals surface area contributed by atoms with Crippen LogP contribution in [-0.4, -0.2) is 24.0 Å². The molecule has 1 aromatic carbocycles. The zero-order valence-corrected chi connectivity index (χ0v) is 12.3. The summed E-state index contributed by atoms with van der Waals surface area (Å²) in [7, 11) is 0. The molecule has 0 fully saturated rings. The molecule has 112 valence electrons.